The second kappa shape index (κ2) is 16.0. The molecule has 4 aromatic carbocycles. The molecule has 4 heterocycles. The fourth-order valence-electron chi connectivity index (χ4n) is 7.96. The summed E-state index contributed by atoms with van der Waals surface area (Å²) < 4.78 is 14.2. The monoisotopic (exact) mass is 702 g/mol. The van der Waals surface area contributed by atoms with Gasteiger partial charge in [0.05, 0.1) is 44.1 Å². The number of aryl methyl sites for hydroxylation is 5. The number of unbranched alkanes of at least 4 members (excludes halogenated alkanes) is 5. The number of benzene rings is 4. The summed E-state index contributed by atoms with van der Waals surface area (Å²) in [6, 6.07) is 41.9. The van der Waals surface area contributed by atoms with Gasteiger partial charge >= 0.3 is 0 Å². The number of hydrogen-bond acceptors (Lipinski definition) is 0. The Hall–Kier alpha value is -5.62. The minimum Gasteiger partial charge on any atom is -0.341 e. The van der Waals surface area contributed by atoms with E-state index in [-0.39, 0.29) is 7.43 Å². The number of hydrogen-bond donors (Lipinski definition) is 0. The van der Waals surface area contributed by atoms with E-state index in [1.54, 1.807) is 0 Å². The minimum absolute atomic E-state index is 0. The van der Waals surface area contributed by atoms with E-state index in [0.29, 0.717) is 0 Å². The maximum atomic E-state index is 2.57. The lowest BCUT2D eigenvalue weighted by Gasteiger charge is -2.22. The van der Waals surface area contributed by atoms with Crippen LogP contribution in [0.15, 0.2) is 140 Å². The van der Waals surface area contributed by atoms with Gasteiger partial charge in [-0.15, -0.1) is 0 Å². The fourth-order valence-corrected chi connectivity index (χ4v) is 7.96. The van der Waals surface area contributed by atoms with Gasteiger partial charge in [0.2, 0.25) is 0 Å². The third-order valence-corrected chi connectivity index (χ3v) is 11.0. The van der Waals surface area contributed by atoms with Crippen LogP contribution in [0.3, 0.4) is 0 Å². The van der Waals surface area contributed by atoms with Crippen molar-refractivity contribution in [1.82, 2.24) is 18.3 Å². The second-order valence-corrected chi connectivity index (χ2v) is 14.3. The van der Waals surface area contributed by atoms with Crippen molar-refractivity contribution in [2.45, 2.75) is 65.6 Å². The van der Waals surface area contributed by atoms with Gasteiger partial charge in [-0.25, -0.2) is 9.13 Å². The average Bonchev–Trinajstić information content (AvgIpc) is 3.19. The molecule has 0 atom stereocenters. The smallest absolute Gasteiger partial charge is 0.173 e. The summed E-state index contributed by atoms with van der Waals surface area (Å²) in [5, 5.41) is 0. The van der Waals surface area contributed by atoms with Crippen LogP contribution < -0.4 is 9.13 Å². The van der Waals surface area contributed by atoms with Gasteiger partial charge in [-0.1, -0.05) is 81.3 Å². The van der Waals surface area contributed by atoms with Gasteiger partial charge in [0.15, 0.2) is 31.3 Å². The van der Waals surface area contributed by atoms with Gasteiger partial charge in [-0.2, -0.15) is 0 Å². The largest absolute Gasteiger partial charge is 0.341 e. The van der Waals surface area contributed by atoms with Crippen molar-refractivity contribution in [1.29, 1.82) is 0 Å². The van der Waals surface area contributed by atoms with E-state index in [9.17, 15) is 0 Å². The van der Waals surface area contributed by atoms with E-state index >= 15 is 0 Å². The Morgan fingerprint density at radius 2 is 0.849 bits per heavy atom. The van der Waals surface area contributed by atoms with Crippen LogP contribution in [0.2, 0.25) is 0 Å². The van der Waals surface area contributed by atoms with Gasteiger partial charge in [-0.05, 0) is 60.4 Å². The van der Waals surface area contributed by atoms with Crippen molar-refractivity contribution in [2.24, 2.45) is 21.1 Å². The number of para-hydroxylation sites is 4. The highest BCUT2D eigenvalue weighted by Crippen LogP contribution is 2.30. The molecular weight excluding hydrogens is 649 g/mol. The molecule has 0 spiro atoms. The molecule has 0 aliphatic carbocycles. The maximum absolute atomic E-state index is 2.57. The maximum Gasteiger partial charge on any atom is 0.173 e. The molecule has 0 aliphatic rings. The normalized spacial score (nSPS) is 11.5. The lowest BCUT2D eigenvalue weighted by atomic mass is 10.1. The lowest BCUT2D eigenvalue weighted by molar-refractivity contribution is -0.697. The summed E-state index contributed by atoms with van der Waals surface area (Å²) in [4.78, 5) is 0. The zero-order valence-electron chi connectivity index (χ0n) is 30.8. The topological polar surface area (TPSA) is 27.5 Å². The molecule has 0 unspecified atom stereocenters. The predicted molar refractivity (Wildman–Crippen MR) is 221 cm³/mol. The highest BCUT2D eigenvalue weighted by Gasteiger charge is 2.14. The quantitative estimate of drug-likeness (QED) is 0.0689. The molecule has 4 aromatic heterocycles. The molecule has 8 rings (SSSR count). The molecule has 8 aromatic rings. The molecule has 0 N–H and O–H groups in total. The molecule has 0 saturated carbocycles. The predicted octanol–water partition coefficient (Wildman–Crippen LogP) is 10.2. The van der Waals surface area contributed by atoms with Crippen molar-refractivity contribution < 1.29 is 9.13 Å². The summed E-state index contributed by atoms with van der Waals surface area (Å²) in [5.74, 6) is 0. The molecule has 53 heavy (non-hydrogen) atoms. The van der Waals surface area contributed by atoms with Gasteiger partial charge < -0.3 is 18.3 Å². The minimum atomic E-state index is 0. The van der Waals surface area contributed by atoms with Crippen molar-refractivity contribution in [2.75, 3.05) is 0 Å². The Morgan fingerprint density at radius 3 is 1.43 bits per heavy atom. The standard InChI is InChI=1S/C46H50N6.CH4/c1-47-39-19-11-12-20-40(39)48(2)44-34-46-45(33-43(44)47)49(3)41-21-13-14-22-42(41)52(46)28-16-7-5-4-6-15-27-50-29-23-37(24-30-50)38-25-31-51(32-26-38)35-36-17-9-8-10-18-36;/h8-14,17-26,29-34H,4-7,15-16,27-28,35H2,1-3H3;1H4/q+2;. The zero-order chi connectivity index (χ0) is 35.4. The number of pyridine rings is 2. The molecule has 0 aliphatic heterocycles. The van der Waals surface area contributed by atoms with Gasteiger partial charge in [0, 0.05) is 63.9 Å². The Bertz CT molecular complexity index is 2510. The Morgan fingerprint density at radius 1 is 0.415 bits per heavy atom. The summed E-state index contributed by atoms with van der Waals surface area (Å²) in [7, 11) is 6.59. The van der Waals surface area contributed by atoms with Crippen LogP contribution in [0.25, 0.3) is 55.3 Å². The van der Waals surface area contributed by atoms with E-state index in [1.165, 1.54) is 99.3 Å². The van der Waals surface area contributed by atoms with Crippen molar-refractivity contribution in [3.63, 3.8) is 0 Å². The summed E-state index contributed by atoms with van der Waals surface area (Å²) in [6.45, 7) is 2.98. The molecule has 0 amide bonds. The van der Waals surface area contributed by atoms with Gasteiger partial charge in [0.25, 0.3) is 0 Å². The van der Waals surface area contributed by atoms with Crippen LogP contribution in [-0.4, -0.2) is 18.3 Å². The summed E-state index contributed by atoms with van der Waals surface area (Å²) >= 11 is 0. The Labute approximate surface area is 314 Å². The number of rotatable bonds is 12. The third kappa shape index (κ3) is 7.36. The highest BCUT2D eigenvalue weighted by atomic mass is 15.1. The molecule has 6 nitrogen and oxygen atoms in total. The lowest BCUT2D eigenvalue weighted by Crippen LogP contribution is -2.33. The van der Waals surface area contributed by atoms with E-state index in [0.717, 1.165) is 19.6 Å². The third-order valence-electron chi connectivity index (χ3n) is 11.0. The van der Waals surface area contributed by atoms with E-state index < -0.39 is 0 Å². The van der Waals surface area contributed by atoms with Crippen molar-refractivity contribution in [3.05, 3.63) is 146 Å². The first-order chi connectivity index (χ1) is 25.5. The van der Waals surface area contributed by atoms with Crippen LogP contribution >= 0.6 is 0 Å². The molecule has 0 saturated heterocycles. The van der Waals surface area contributed by atoms with Crippen molar-refractivity contribution in [3.8, 4) is 11.1 Å². The first-order valence-electron chi connectivity index (χ1n) is 18.9. The molecule has 0 fully saturated rings. The molecule has 0 bridgehead atoms. The molecule has 6 heteroatoms. The van der Waals surface area contributed by atoms with Crippen LogP contribution in [0, 0.1) is 0 Å². The zero-order valence-corrected chi connectivity index (χ0v) is 30.8. The molecular formula is C47H54N6+2. The van der Waals surface area contributed by atoms with Crippen molar-refractivity contribution >= 4 is 44.1 Å². The first kappa shape index (κ1) is 35.8. The average molecular weight is 703 g/mol. The highest BCUT2D eigenvalue weighted by molar-refractivity contribution is 5.99. The Balaban J connectivity index is 0.00000435. The van der Waals surface area contributed by atoms with Crippen LogP contribution in [0.1, 0.15) is 51.5 Å². The number of nitrogens with zero attached hydrogens (tertiary/aromatic N) is 6. The van der Waals surface area contributed by atoms with E-state index in [1.807, 2.05) is 0 Å². The van der Waals surface area contributed by atoms with Crippen LogP contribution in [0.4, 0.5) is 0 Å². The Kier molecular flexibility index (Phi) is 10.8. The number of aromatic nitrogens is 6. The van der Waals surface area contributed by atoms with E-state index in [4.69, 9.17) is 0 Å². The van der Waals surface area contributed by atoms with Crippen LogP contribution in [0.5, 0.6) is 0 Å². The molecule has 270 valence electrons. The fraction of sp³-hybridized carbons (Fsp3) is 0.277. The SMILES string of the molecule is C.Cn1c2ccccc2n(C)c2cc3c(cc21)n(C)c1ccccc1n3CCCCCCCC[n+]1ccc(-c2cc[n+](Cc3ccccc3)cc2)cc1. The van der Waals surface area contributed by atoms with E-state index in [2.05, 4.69) is 189 Å². The molecule has 0 radical (unpaired) electrons. The first-order valence-corrected chi connectivity index (χ1v) is 18.9. The summed E-state index contributed by atoms with van der Waals surface area (Å²) in [5.41, 5.74) is 13.9. The van der Waals surface area contributed by atoms with Gasteiger partial charge in [-0.3, -0.25) is 0 Å². The number of fused-ring (bicyclic) bond motifs is 4. The summed E-state index contributed by atoms with van der Waals surface area (Å²) in [6.07, 6.45) is 16.3. The van der Waals surface area contributed by atoms with Gasteiger partial charge in [0.1, 0.15) is 6.54 Å². The second-order valence-electron chi connectivity index (χ2n) is 14.3. The van der Waals surface area contributed by atoms with Crippen LogP contribution in [-0.2, 0) is 40.8 Å².